The molecule has 1 aliphatic rings. The van der Waals surface area contributed by atoms with Gasteiger partial charge in [-0.3, -0.25) is 0 Å². The average molecular weight is 249 g/mol. The number of hydrogen-bond acceptors (Lipinski definition) is 5. The van der Waals surface area contributed by atoms with E-state index in [0.717, 1.165) is 35.9 Å². The maximum Gasteiger partial charge on any atom is 0.224 e. The summed E-state index contributed by atoms with van der Waals surface area (Å²) in [7, 11) is 0. The van der Waals surface area contributed by atoms with Gasteiger partial charge in [0.05, 0.1) is 6.10 Å². The minimum atomic E-state index is -0.117. The van der Waals surface area contributed by atoms with Gasteiger partial charge in [0.1, 0.15) is 4.83 Å². The Morgan fingerprint density at radius 1 is 1.29 bits per heavy atom. The third-order valence-corrected chi connectivity index (χ3v) is 4.06. The zero-order chi connectivity index (χ0) is 11.7. The van der Waals surface area contributed by atoms with Gasteiger partial charge in [-0.15, -0.1) is 11.3 Å². The Bertz CT molecular complexity index is 505. The summed E-state index contributed by atoms with van der Waals surface area (Å²) in [6, 6.07) is 2.43. The van der Waals surface area contributed by atoms with E-state index in [4.69, 9.17) is 0 Å². The smallest absolute Gasteiger partial charge is 0.224 e. The number of aromatic nitrogens is 2. The molecule has 0 aromatic carbocycles. The van der Waals surface area contributed by atoms with Crippen LogP contribution in [0.2, 0.25) is 0 Å². The second-order valence-corrected chi connectivity index (χ2v) is 5.42. The summed E-state index contributed by atoms with van der Waals surface area (Å²) in [5, 5.41) is 15.9. The number of fused-ring (bicyclic) bond motifs is 1. The van der Waals surface area contributed by atoms with Gasteiger partial charge < -0.3 is 10.4 Å². The van der Waals surface area contributed by atoms with Crippen molar-refractivity contribution in [3.8, 4) is 0 Å². The van der Waals surface area contributed by atoms with E-state index < -0.39 is 0 Å². The van der Waals surface area contributed by atoms with Crippen LogP contribution in [0.5, 0.6) is 0 Å². The molecule has 1 fully saturated rings. The largest absolute Gasteiger partial charge is 0.393 e. The molecule has 3 rings (SSSR count). The molecular formula is C12H15N3OS. The molecule has 17 heavy (non-hydrogen) atoms. The standard InChI is InChI=1S/C12H15N3OS/c16-10-3-1-9(2-4-10)14-12-13-7-8-5-6-17-11(8)15-12/h5-7,9-10,16H,1-4H2,(H,13,14,15). The van der Waals surface area contributed by atoms with E-state index in [1.54, 1.807) is 11.3 Å². The van der Waals surface area contributed by atoms with Gasteiger partial charge in [0.15, 0.2) is 0 Å². The molecule has 2 N–H and O–H groups in total. The van der Waals surface area contributed by atoms with Crippen molar-refractivity contribution in [1.29, 1.82) is 0 Å². The zero-order valence-corrected chi connectivity index (χ0v) is 10.3. The van der Waals surface area contributed by atoms with Gasteiger partial charge in [-0.1, -0.05) is 0 Å². The molecule has 2 heterocycles. The Labute approximate surface area is 104 Å². The predicted octanol–water partition coefficient (Wildman–Crippen LogP) is 2.41. The van der Waals surface area contributed by atoms with Gasteiger partial charge >= 0.3 is 0 Å². The third-order valence-electron chi connectivity index (χ3n) is 3.24. The lowest BCUT2D eigenvalue weighted by molar-refractivity contribution is 0.126. The van der Waals surface area contributed by atoms with Crippen molar-refractivity contribution >= 4 is 27.5 Å². The summed E-state index contributed by atoms with van der Waals surface area (Å²) in [6.07, 6.45) is 5.48. The molecule has 2 aromatic heterocycles. The molecule has 1 saturated carbocycles. The van der Waals surface area contributed by atoms with Gasteiger partial charge in [-0.2, -0.15) is 0 Å². The lowest BCUT2D eigenvalue weighted by Gasteiger charge is -2.26. The minimum Gasteiger partial charge on any atom is -0.393 e. The van der Waals surface area contributed by atoms with Crippen LogP contribution < -0.4 is 5.32 Å². The fourth-order valence-corrected chi connectivity index (χ4v) is 2.97. The highest BCUT2D eigenvalue weighted by Gasteiger charge is 2.19. The number of aliphatic hydroxyl groups is 1. The topological polar surface area (TPSA) is 58.0 Å². The summed E-state index contributed by atoms with van der Waals surface area (Å²) < 4.78 is 0. The Kier molecular flexibility index (Phi) is 2.94. The van der Waals surface area contributed by atoms with Crippen LogP contribution in [0.1, 0.15) is 25.7 Å². The van der Waals surface area contributed by atoms with E-state index in [0.29, 0.717) is 12.0 Å². The summed E-state index contributed by atoms with van der Waals surface area (Å²) in [5.74, 6) is 0.710. The summed E-state index contributed by atoms with van der Waals surface area (Å²) in [4.78, 5) is 9.82. The first-order valence-electron chi connectivity index (χ1n) is 5.96. The first-order valence-corrected chi connectivity index (χ1v) is 6.84. The van der Waals surface area contributed by atoms with Crippen molar-refractivity contribution in [2.24, 2.45) is 0 Å². The van der Waals surface area contributed by atoms with E-state index in [9.17, 15) is 5.11 Å². The molecule has 0 bridgehead atoms. The van der Waals surface area contributed by atoms with Crippen LogP contribution in [0.25, 0.3) is 10.2 Å². The minimum absolute atomic E-state index is 0.117. The summed E-state index contributed by atoms with van der Waals surface area (Å²) in [5.41, 5.74) is 0. The van der Waals surface area contributed by atoms with Gasteiger partial charge in [0, 0.05) is 17.6 Å². The maximum absolute atomic E-state index is 9.45. The van der Waals surface area contributed by atoms with Crippen LogP contribution in [0, 0.1) is 0 Å². The quantitative estimate of drug-likeness (QED) is 0.858. The van der Waals surface area contributed by atoms with Crippen LogP contribution in [0.3, 0.4) is 0 Å². The fourth-order valence-electron chi connectivity index (χ4n) is 2.23. The number of rotatable bonds is 2. The molecular weight excluding hydrogens is 234 g/mol. The van der Waals surface area contributed by atoms with Crippen LogP contribution in [0.15, 0.2) is 17.6 Å². The predicted molar refractivity (Wildman–Crippen MR) is 69.3 cm³/mol. The maximum atomic E-state index is 9.45. The van der Waals surface area contributed by atoms with Crippen LogP contribution in [0.4, 0.5) is 5.95 Å². The van der Waals surface area contributed by atoms with Gasteiger partial charge in [-0.05, 0) is 37.1 Å². The molecule has 4 nitrogen and oxygen atoms in total. The van der Waals surface area contributed by atoms with Crippen molar-refractivity contribution in [3.05, 3.63) is 17.6 Å². The van der Waals surface area contributed by atoms with Crippen molar-refractivity contribution in [2.45, 2.75) is 37.8 Å². The Balaban J connectivity index is 1.71. The van der Waals surface area contributed by atoms with Crippen LogP contribution in [-0.4, -0.2) is 27.2 Å². The molecule has 0 atom stereocenters. The number of thiophene rings is 1. The van der Waals surface area contributed by atoms with Crippen molar-refractivity contribution in [1.82, 2.24) is 9.97 Å². The highest BCUT2D eigenvalue weighted by atomic mass is 32.1. The number of nitrogens with one attached hydrogen (secondary N) is 1. The van der Waals surface area contributed by atoms with E-state index in [-0.39, 0.29) is 6.10 Å². The summed E-state index contributed by atoms with van der Waals surface area (Å²) >= 11 is 1.63. The van der Waals surface area contributed by atoms with Gasteiger partial charge in [0.25, 0.3) is 0 Å². The van der Waals surface area contributed by atoms with Gasteiger partial charge in [-0.25, -0.2) is 9.97 Å². The second-order valence-electron chi connectivity index (χ2n) is 4.52. The lowest BCUT2D eigenvalue weighted by Crippen LogP contribution is -2.28. The molecule has 0 radical (unpaired) electrons. The SMILES string of the molecule is OC1CCC(Nc2ncc3ccsc3n2)CC1. The number of anilines is 1. The molecule has 0 unspecified atom stereocenters. The normalized spacial score (nSPS) is 25.0. The molecule has 1 aliphatic carbocycles. The molecule has 5 heteroatoms. The molecule has 2 aromatic rings. The molecule has 0 aliphatic heterocycles. The van der Waals surface area contributed by atoms with E-state index in [1.807, 2.05) is 17.6 Å². The van der Waals surface area contributed by atoms with E-state index >= 15 is 0 Å². The Morgan fingerprint density at radius 2 is 2.12 bits per heavy atom. The second kappa shape index (κ2) is 4.58. The van der Waals surface area contributed by atoms with Crippen molar-refractivity contribution in [2.75, 3.05) is 5.32 Å². The van der Waals surface area contributed by atoms with E-state index in [2.05, 4.69) is 15.3 Å². The van der Waals surface area contributed by atoms with Crippen molar-refractivity contribution < 1.29 is 5.11 Å². The lowest BCUT2D eigenvalue weighted by atomic mass is 9.93. The zero-order valence-electron chi connectivity index (χ0n) is 9.47. The highest BCUT2D eigenvalue weighted by Crippen LogP contribution is 2.23. The summed E-state index contributed by atoms with van der Waals surface area (Å²) in [6.45, 7) is 0. The first-order chi connectivity index (χ1) is 8.31. The van der Waals surface area contributed by atoms with Crippen LogP contribution >= 0.6 is 11.3 Å². The Morgan fingerprint density at radius 3 is 2.94 bits per heavy atom. The third kappa shape index (κ3) is 2.40. The number of hydrogen-bond donors (Lipinski definition) is 2. The first kappa shape index (κ1) is 10.9. The molecule has 0 saturated heterocycles. The number of aliphatic hydroxyl groups excluding tert-OH is 1. The molecule has 0 spiro atoms. The van der Waals surface area contributed by atoms with Gasteiger partial charge in [0.2, 0.25) is 5.95 Å². The molecule has 90 valence electrons. The fraction of sp³-hybridized carbons (Fsp3) is 0.500. The Hall–Kier alpha value is -1.20. The van der Waals surface area contributed by atoms with Crippen molar-refractivity contribution in [3.63, 3.8) is 0 Å². The average Bonchev–Trinajstić information content (AvgIpc) is 2.79. The number of nitrogens with zero attached hydrogens (tertiary/aromatic N) is 2. The van der Waals surface area contributed by atoms with E-state index in [1.165, 1.54) is 0 Å². The monoisotopic (exact) mass is 249 g/mol. The highest BCUT2D eigenvalue weighted by molar-refractivity contribution is 7.16. The molecule has 0 amide bonds. The van der Waals surface area contributed by atoms with Crippen LogP contribution in [-0.2, 0) is 0 Å².